The Balaban J connectivity index is 1.94. The van der Waals surface area contributed by atoms with Crippen LogP contribution in [0.15, 0.2) is 30.3 Å². The van der Waals surface area contributed by atoms with Gasteiger partial charge in [-0.2, -0.15) is 0 Å². The lowest BCUT2D eigenvalue weighted by atomic mass is 10.1. The predicted octanol–water partition coefficient (Wildman–Crippen LogP) is 4.88. The molecule has 22 heavy (non-hydrogen) atoms. The molecule has 0 radical (unpaired) electrons. The van der Waals surface area contributed by atoms with Crippen LogP contribution in [0.1, 0.15) is 21.5 Å². The second-order valence-electron chi connectivity index (χ2n) is 4.87. The normalized spacial score (nSPS) is 10.4. The molecule has 0 aliphatic heterocycles. The zero-order valence-corrected chi connectivity index (χ0v) is 13.9. The average molecular weight is 339 g/mol. The minimum absolute atomic E-state index is 0.273. The van der Waals surface area contributed by atoms with E-state index in [0.29, 0.717) is 34.3 Å². The van der Waals surface area contributed by atoms with Crippen molar-refractivity contribution >= 4 is 29.5 Å². The molecule has 0 N–H and O–H groups in total. The van der Waals surface area contributed by atoms with Crippen molar-refractivity contribution in [3.8, 4) is 11.5 Å². The smallest absolute Gasteiger partial charge is 0.153 e. The maximum absolute atomic E-state index is 11.0. The van der Waals surface area contributed by atoms with Crippen molar-refractivity contribution in [2.45, 2.75) is 13.8 Å². The summed E-state index contributed by atoms with van der Waals surface area (Å²) in [6.07, 6.45) is 0.664. The predicted molar refractivity (Wildman–Crippen MR) is 88.8 cm³/mol. The van der Waals surface area contributed by atoms with E-state index in [1.54, 1.807) is 0 Å². The van der Waals surface area contributed by atoms with Gasteiger partial charge in [0, 0.05) is 5.02 Å². The molecule has 0 bridgehead atoms. The first-order valence-electron chi connectivity index (χ1n) is 6.78. The SMILES string of the molecule is Cc1ccc(OCCOc2c(Cl)cc(Cl)cc2C=O)cc1C. The number of halogens is 2. The van der Waals surface area contributed by atoms with Crippen molar-refractivity contribution in [2.24, 2.45) is 0 Å². The lowest BCUT2D eigenvalue weighted by Crippen LogP contribution is -2.10. The number of hydrogen-bond donors (Lipinski definition) is 0. The molecule has 2 aromatic rings. The van der Waals surface area contributed by atoms with E-state index in [-0.39, 0.29) is 6.61 Å². The fraction of sp³-hybridized carbons (Fsp3) is 0.235. The highest BCUT2D eigenvalue weighted by Crippen LogP contribution is 2.31. The van der Waals surface area contributed by atoms with Gasteiger partial charge in [0.25, 0.3) is 0 Å². The maximum Gasteiger partial charge on any atom is 0.153 e. The molecule has 5 heteroatoms. The quantitative estimate of drug-likeness (QED) is 0.556. The fourth-order valence-corrected chi connectivity index (χ4v) is 2.49. The van der Waals surface area contributed by atoms with Crippen LogP contribution in [0.4, 0.5) is 0 Å². The Hall–Kier alpha value is -1.71. The van der Waals surface area contributed by atoms with Gasteiger partial charge >= 0.3 is 0 Å². The number of benzene rings is 2. The minimum Gasteiger partial charge on any atom is -0.490 e. The topological polar surface area (TPSA) is 35.5 Å². The largest absolute Gasteiger partial charge is 0.490 e. The van der Waals surface area contributed by atoms with E-state index < -0.39 is 0 Å². The number of hydrogen-bond acceptors (Lipinski definition) is 3. The van der Waals surface area contributed by atoms with Crippen molar-refractivity contribution < 1.29 is 14.3 Å². The molecule has 0 aliphatic rings. The number of aryl methyl sites for hydroxylation is 2. The van der Waals surface area contributed by atoms with Gasteiger partial charge in [-0.25, -0.2) is 0 Å². The summed E-state index contributed by atoms with van der Waals surface area (Å²) in [5, 5.41) is 0.701. The highest BCUT2D eigenvalue weighted by Gasteiger charge is 2.10. The van der Waals surface area contributed by atoms with E-state index in [1.807, 2.05) is 32.0 Å². The molecule has 0 atom stereocenters. The molecular formula is C17H16Cl2O3. The molecule has 0 saturated heterocycles. The Labute approximate surface area is 139 Å². The Kier molecular flexibility index (Phi) is 5.69. The van der Waals surface area contributed by atoms with Crippen LogP contribution in [0.2, 0.25) is 10.0 Å². The van der Waals surface area contributed by atoms with Gasteiger partial charge in [0.15, 0.2) is 6.29 Å². The monoisotopic (exact) mass is 338 g/mol. The first-order valence-corrected chi connectivity index (χ1v) is 7.54. The molecule has 0 heterocycles. The molecule has 0 unspecified atom stereocenters. The third-order valence-corrected chi connectivity index (χ3v) is 3.74. The molecule has 0 saturated carbocycles. The molecule has 0 aliphatic carbocycles. The van der Waals surface area contributed by atoms with Gasteiger partial charge in [-0.3, -0.25) is 4.79 Å². The summed E-state index contributed by atoms with van der Waals surface area (Å²) in [4.78, 5) is 11.0. The van der Waals surface area contributed by atoms with Crippen molar-refractivity contribution in [1.29, 1.82) is 0 Å². The third kappa shape index (κ3) is 4.15. The lowest BCUT2D eigenvalue weighted by Gasteiger charge is -2.12. The second-order valence-corrected chi connectivity index (χ2v) is 5.71. The van der Waals surface area contributed by atoms with Gasteiger partial charge in [-0.15, -0.1) is 0 Å². The van der Waals surface area contributed by atoms with E-state index in [2.05, 4.69) is 0 Å². The summed E-state index contributed by atoms with van der Waals surface area (Å²) in [7, 11) is 0. The van der Waals surface area contributed by atoms with Crippen LogP contribution in [0.3, 0.4) is 0 Å². The molecule has 0 amide bonds. The Morgan fingerprint density at radius 3 is 2.41 bits per heavy atom. The standard InChI is InChI=1S/C17H16Cl2O3/c1-11-3-4-15(7-12(11)2)21-5-6-22-17-13(10-20)8-14(18)9-16(17)19/h3-4,7-10H,5-6H2,1-2H3. The zero-order valence-electron chi connectivity index (χ0n) is 12.4. The van der Waals surface area contributed by atoms with E-state index in [4.69, 9.17) is 32.7 Å². The van der Waals surface area contributed by atoms with Gasteiger partial charge < -0.3 is 9.47 Å². The Morgan fingerprint density at radius 1 is 1.00 bits per heavy atom. The number of ether oxygens (including phenoxy) is 2. The number of carbonyl (C=O) groups excluding carboxylic acids is 1. The first kappa shape index (κ1) is 16.7. The van der Waals surface area contributed by atoms with Crippen LogP contribution < -0.4 is 9.47 Å². The second kappa shape index (κ2) is 7.52. The van der Waals surface area contributed by atoms with E-state index in [9.17, 15) is 4.79 Å². The van der Waals surface area contributed by atoms with Crippen LogP contribution in [0, 0.1) is 13.8 Å². The highest BCUT2D eigenvalue weighted by molar-refractivity contribution is 6.36. The Morgan fingerprint density at radius 2 is 1.73 bits per heavy atom. The number of aldehydes is 1. The van der Waals surface area contributed by atoms with E-state index >= 15 is 0 Å². The summed E-state index contributed by atoms with van der Waals surface area (Å²) in [6, 6.07) is 8.94. The highest BCUT2D eigenvalue weighted by atomic mass is 35.5. The minimum atomic E-state index is 0.273. The Bertz CT molecular complexity index is 684. The molecule has 0 spiro atoms. The van der Waals surface area contributed by atoms with Crippen molar-refractivity contribution in [3.05, 3.63) is 57.1 Å². The lowest BCUT2D eigenvalue weighted by molar-refractivity contribution is 0.111. The summed E-state index contributed by atoms with van der Waals surface area (Å²) in [6.45, 7) is 4.70. The zero-order chi connectivity index (χ0) is 16.1. The van der Waals surface area contributed by atoms with Crippen molar-refractivity contribution in [1.82, 2.24) is 0 Å². The molecule has 0 fully saturated rings. The van der Waals surface area contributed by atoms with Gasteiger partial charge in [0.2, 0.25) is 0 Å². The first-order chi connectivity index (χ1) is 10.5. The number of rotatable bonds is 6. The van der Waals surface area contributed by atoms with E-state index in [1.165, 1.54) is 23.3 Å². The van der Waals surface area contributed by atoms with Gasteiger partial charge in [-0.05, 0) is 49.2 Å². The fourth-order valence-electron chi connectivity index (χ4n) is 1.93. The summed E-state index contributed by atoms with van der Waals surface area (Å²) in [5.74, 6) is 1.11. The van der Waals surface area contributed by atoms with Crippen LogP contribution in [-0.4, -0.2) is 19.5 Å². The van der Waals surface area contributed by atoms with Gasteiger partial charge in [-0.1, -0.05) is 29.3 Å². The van der Waals surface area contributed by atoms with Crippen LogP contribution >= 0.6 is 23.2 Å². The van der Waals surface area contributed by atoms with Crippen molar-refractivity contribution in [2.75, 3.05) is 13.2 Å². The summed E-state index contributed by atoms with van der Waals surface area (Å²) >= 11 is 11.9. The molecule has 116 valence electrons. The average Bonchev–Trinajstić information content (AvgIpc) is 2.48. The van der Waals surface area contributed by atoms with Crippen LogP contribution in [0.25, 0.3) is 0 Å². The summed E-state index contributed by atoms with van der Waals surface area (Å²) in [5.41, 5.74) is 2.71. The van der Waals surface area contributed by atoms with Crippen LogP contribution in [-0.2, 0) is 0 Å². The number of carbonyl (C=O) groups is 1. The molecule has 0 aromatic heterocycles. The van der Waals surface area contributed by atoms with Gasteiger partial charge in [0.05, 0.1) is 10.6 Å². The maximum atomic E-state index is 11.0. The van der Waals surface area contributed by atoms with E-state index in [0.717, 1.165) is 5.75 Å². The third-order valence-electron chi connectivity index (χ3n) is 3.24. The van der Waals surface area contributed by atoms with Crippen LogP contribution in [0.5, 0.6) is 11.5 Å². The molecule has 2 aromatic carbocycles. The summed E-state index contributed by atoms with van der Waals surface area (Å²) < 4.78 is 11.2. The molecular weight excluding hydrogens is 323 g/mol. The van der Waals surface area contributed by atoms with Gasteiger partial charge in [0.1, 0.15) is 24.7 Å². The molecule has 3 nitrogen and oxygen atoms in total. The van der Waals surface area contributed by atoms with Crippen molar-refractivity contribution in [3.63, 3.8) is 0 Å². The molecule has 2 rings (SSSR count).